The van der Waals surface area contributed by atoms with Gasteiger partial charge in [0, 0.05) is 0 Å². The normalized spacial score (nSPS) is 24.1. The number of amides is 1. The maximum Gasteiger partial charge on any atom is 0.326 e. The summed E-state index contributed by atoms with van der Waals surface area (Å²) in [5.74, 6) is -1.55. The summed E-state index contributed by atoms with van der Waals surface area (Å²) in [5, 5.41) is 9.74. The lowest BCUT2D eigenvalue weighted by Crippen LogP contribution is -2.77. The number of carboxylic acids is 1. The second-order valence-electron chi connectivity index (χ2n) is 10.4. The van der Waals surface area contributed by atoms with Gasteiger partial charge in [-0.15, -0.1) is 0 Å². The van der Waals surface area contributed by atoms with Crippen molar-refractivity contribution in [1.29, 1.82) is 0 Å². The van der Waals surface area contributed by atoms with Crippen molar-refractivity contribution in [2.24, 2.45) is 5.92 Å². The molecule has 1 heterocycles. The van der Waals surface area contributed by atoms with Crippen molar-refractivity contribution in [2.75, 3.05) is 0 Å². The molecular weight excluding hydrogens is 350 g/mol. The average Bonchev–Trinajstić information content (AvgIpc) is 2.31. The Balaban J connectivity index is 3.12. The zero-order valence-electron chi connectivity index (χ0n) is 17.9. The Kier molecular flexibility index (Phi) is 5.81. The second kappa shape index (κ2) is 6.49. The van der Waals surface area contributed by atoms with E-state index in [1.165, 1.54) is 0 Å². The fraction of sp³-hybridized carbons (Fsp3) is 0.889. The lowest BCUT2D eigenvalue weighted by molar-refractivity contribution is -0.169. The average molecular weight is 388 g/mol. The van der Waals surface area contributed by atoms with Gasteiger partial charge >= 0.3 is 5.97 Å². The molecule has 0 saturated carbocycles. The summed E-state index contributed by atoms with van der Waals surface area (Å²) in [6, 6.07) is -0.770. The quantitative estimate of drug-likeness (QED) is 0.564. The van der Waals surface area contributed by atoms with Crippen LogP contribution in [0.25, 0.3) is 0 Å². The largest absolute Gasteiger partial charge is 0.480 e. The predicted octanol–water partition coefficient (Wildman–Crippen LogP) is 4.31. The monoisotopic (exact) mass is 387 g/mol. The van der Waals surface area contributed by atoms with E-state index in [9.17, 15) is 14.7 Å². The zero-order valence-corrected chi connectivity index (χ0v) is 19.9. The van der Waals surface area contributed by atoms with Crippen LogP contribution in [-0.2, 0) is 14.0 Å². The number of aliphatic carboxylic acids is 1. The molecule has 7 heteroatoms. The maximum atomic E-state index is 13.0. The molecule has 146 valence electrons. The molecule has 1 N–H and O–H groups in total. The Labute approximate surface area is 155 Å². The molecule has 3 atom stereocenters. The van der Waals surface area contributed by atoms with Crippen LogP contribution in [0.4, 0.5) is 0 Å². The molecule has 5 nitrogen and oxygen atoms in total. The molecular formula is C18H37NO4Si2. The van der Waals surface area contributed by atoms with Gasteiger partial charge < -0.3 is 14.1 Å². The molecule has 1 fully saturated rings. The van der Waals surface area contributed by atoms with Crippen LogP contribution in [0.5, 0.6) is 0 Å². The van der Waals surface area contributed by atoms with Crippen molar-refractivity contribution in [3.8, 4) is 0 Å². The van der Waals surface area contributed by atoms with Crippen molar-refractivity contribution in [1.82, 2.24) is 4.57 Å². The van der Waals surface area contributed by atoms with Gasteiger partial charge in [0.1, 0.15) is 6.04 Å². The van der Waals surface area contributed by atoms with Gasteiger partial charge in [0.25, 0.3) is 0 Å². The highest BCUT2D eigenvalue weighted by Crippen LogP contribution is 2.47. The van der Waals surface area contributed by atoms with E-state index >= 15 is 0 Å². The third-order valence-corrected chi connectivity index (χ3v) is 16.6. The first-order chi connectivity index (χ1) is 10.9. The lowest BCUT2D eigenvalue weighted by Gasteiger charge is -2.58. The van der Waals surface area contributed by atoms with Crippen molar-refractivity contribution in [2.45, 2.75) is 96.9 Å². The minimum atomic E-state index is -2.23. The van der Waals surface area contributed by atoms with E-state index in [0.717, 1.165) is 0 Å². The molecule has 0 radical (unpaired) electrons. The number of hydrogen-bond acceptors (Lipinski definition) is 3. The van der Waals surface area contributed by atoms with Crippen LogP contribution in [0.1, 0.15) is 48.5 Å². The third kappa shape index (κ3) is 3.88. The first kappa shape index (κ1) is 22.4. The van der Waals surface area contributed by atoms with E-state index in [-0.39, 0.29) is 22.1 Å². The fourth-order valence-corrected chi connectivity index (χ4v) is 6.75. The van der Waals surface area contributed by atoms with Gasteiger partial charge in [-0.05, 0) is 30.1 Å². The summed E-state index contributed by atoms with van der Waals surface area (Å²) < 4.78 is 8.03. The summed E-state index contributed by atoms with van der Waals surface area (Å²) in [6.07, 6.45) is -0.379. The van der Waals surface area contributed by atoms with Crippen LogP contribution in [0.15, 0.2) is 0 Å². The van der Waals surface area contributed by atoms with Crippen molar-refractivity contribution >= 4 is 28.4 Å². The zero-order chi connectivity index (χ0) is 20.2. The molecule has 1 rings (SSSR count). The number of rotatable bonds is 5. The summed E-state index contributed by atoms with van der Waals surface area (Å²) in [6.45, 7) is 23.0. The minimum absolute atomic E-state index is 0.0197. The smallest absolute Gasteiger partial charge is 0.326 e. The molecule has 0 bridgehead atoms. The van der Waals surface area contributed by atoms with E-state index in [1.807, 2.05) is 6.92 Å². The Hall–Kier alpha value is -0.666. The van der Waals surface area contributed by atoms with E-state index < -0.39 is 34.5 Å². The van der Waals surface area contributed by atoms with Gasteiger partial charge in [-0.25, -0.2) is 4.79 Å². The molecule has 0 aromatic heterocycles. The van der Waals surface area contributed by atoms with Crippen molar-refractivity contribution in [3.63, 3.8) is 0 Å². The predicted molar refractivity (Wildman–Crippen MR) is 107 cm³/mol. The molecule has 1 aliphatic heterocycles. The Bertz CT molecular complexity index is 546. The number of β-lactam (4-membered cyclic amide) rings is 1. The number of hydrogen-bond donors (Lipinski definition) is 1. The first-order valence-corrected chi connectivity index (χ1v) is 15.0. The van der Waals surface area contributed by atoms with E-state index in [0.29, 0.717) is 0 Å². The van der Waals surface area contributed by atoms with Crippen LogP contribution in [-0.4, -0.2) is 50.2 Å². The topological polar surface area (TPSA) is 66.8 Å². The summed E-state index contributed by atoms with van der Waals surface area (Å²) in [5.41, 5.74) is 0. The first-order valence-electron chi connectivity index (χ1n) is 9.10. The molecule has 0 aromatic carbocycles. The standard InChI is InChI=1S/C18H37NO4Si2/c1-12(23-25(10,11)18(5,6)7)13-14(16(21)22)19(15(13)20)24(8,9)17(2,3)4/h12-14H,1-11H3,(H,21,22)/t12-,13-,14-/m0/s1. The van der Waals surface area contributed by atoms with Gasteiger partial charge in [0.15, 0.2) is 16.6 Å². The van der Waals surface area contributed by atoms with Crippen molar-refractivity contribution < 1.29 is 19.1 Å². The van der Waals surface area contributed by atoms with Gasteiger partial charge in [0.05, 0.1) is 12.0 Å². The van der Waals surface area contributed by atoms with Gasteiger partial charge in [-0.1, -0.05) is 54.6 Å². The third-order valence-electron chi connectivity index (χ3n) is 6.62. The van der Waals surface area contributed by atoms with E-state index in [1.54, 1.807) is 4.57 Å². The summed E-state index contributed by atoms with van der Waals surface area (Å²) in [7, 11) is -4.30. The molecule has 25 heavy (non-hydrogen) atoms. The van der Waals surface area contributed by atoms with Crippen LogP contribution in [0.3, 0.4) is 0 Å². The fourth-order valence-electron chi connectivity index (χ4n) is 2.93. The van der Waals surface area contributed by atoms with Gasteiger partial charge in [0.2, 0.25) is 5.91 Å². The second-order valence-corrected chi connectivity index (χ2v) is 20.3. The van der Waals surface area contributed by atoms with Crippen LogP contribution in [0, 0.1) is 5.92 Å². The van der Waals surface area contributed by atoms with Crippen molar-refractivity contribution in [3.05, 3.63) is 0 Å². The Morgan fingerprint density at radius 1 is 1.08 bits per heavy atom. The molecule has 0 spiro atoms. The Morgan fingerprint density at radius 3 is 1.84 bits per heavy atom. The summed E-state index contributed by atoms with van der Waals surface area (Å²) in [4.78, 5) is 25.0. The minimum Gasteiger partial charge on any atom is -0.480 e. The molecule has 0 unspecified atom stereocenters. The van der Waals surface area contributed by atoms with Crippen LogP contribution < -0.4 is 0 Å². The maximum absolute atomic E-state index is 13.0. The SMILES string of the molecule is C[C@H](O[Si](C)(C)C(C)(C)C)[C@@H]1C(=O)N([Si](C)(C)C(C)(C)C)[C@@H]1C(=O)O. The van der Waals surface area contributed by atoms with Gasteiger partial charge in [-0.3, -0.25) is 4.79 Å². The van der Waals surface area contributed by atoms with E-state index in [4.69, 9.17) is 4.43 Å². The van der Waals surface area contributed by atoms with Crippen LogP contribution in [0.2, 0.25) is 36.3 Å². The number of carbonyl (C=O) groups excluding carboxylic acids is 1. The highest BCUT2D eigenvalue weighted by Gasteiger charge is 2.62. The highest BCUT2D eigenvalue weighted by atomic mass is 28.4. The summed E-state index contributed by atoms with van der Waals surface area (Å²) >= 11 is 0. The number of carbonyl (C=O) groups is 2. The molecule has 1 saturated heterocycles. The molecule has 1 amide bonds. The molecule has 0 aromatic rings. The van der Waals surface area contributed by atoms with Gasteiger partial charge in [-0.2, -0.15) is 0 Å². The lowest BCUT2D eigenvalue weighted by atomic mass is 9.86. The van der Waals surface area contributed by atoms with E-state index in [2.05, 4.69) is 67.7 Å². The number of carboxylic acid groups (broad SMARTS) is 1. The van der Waals surface area contributed by atoms with Crippen LogP contribution >= 0.6 is 0 Å². The molecule has 1 aliphatic rings. The Morgan fingerprint density at radius 2 is 1.52 bits per heavy atom. The number of nitrogens with zero attached hydrogens (tertiary/aromatic N) is 1. The highest BCUT2D eigenvalue weighted by molar-refractivity contribution is 6.80. The molecule has 0 aliphatic carbocycles.